The zero-order chi connectivity index (χ0) is 23.8. The molecule has 1 atom stereocenters. The first-order valence-electron chi connectivity index (χ1n) is 12.1. The highest BCUT2D eigenvalue weighted by atomic mass is 35.5. The number of benzene rings is 2. The molecular formula is C27H27ClN6O. The van der Waals surface area contributed by atoms with Gasteiger partial charge in [0.25, 0.3) is 0 Å². The summed E-state index contributed by atoms with van der Waals surface area (Å²) in [6.07, 6.45) is 7.47. The molecule has 3 heterocycles. The molecule has 0 spiro atoms. The number of nitrogens with one attached hydrogen (secondary N) is 1. The molecule has 0 radical (unpaired) electrons. The summed E-state index contributed by atoms with van der Waals surface area (Å²) in [6, 6.07) is 16.7. The zero-order valence-electron chi connectivity index (χ0n) is 19.6. The highest BCUT2D eigenvalue weighted by Crippen LogP contribution is 2.41. The van der Waals surface area contributed by atoms with E-state index in [1.807, 2.05) is 22.8 Å². The van der Waals surface area contributed by atoms with Gasteiger partial charge in [0.15, 0.2) is 0 Å². The second-order valence-corrected chi connectivity index (χ2v) is 9.51. The second kappa shape index (κ2) is 9.23. The molecule has 2 aromatic heterocycles. The number of hydrogen-bond donors (Lipinski definition) is 1. The second-order valence-electron chi connectivity index (χ2n) is 9.12. The molecule has 2 aromatic carbocycles. The number of aromatic nitrogens is 4. The quantitative estimate of drug-likeness (QED) is 0.389. The fourth-order valence-electron chi connectivity index (χ4n) is 5.04. The maximum Gasteiger partial charge on any atom is 0.229 e. The van der Waals surface area contributed by atoms with Gasteiger partial charge in [0.05, 0.1) is 18.0 Å². The molecule has 4 aromatic rings. The summed E-state index contributed by atoms with van der Waals surface area (Å²) in [7, 11) is 2.13. The van der Waals surface area contributed by atoms with Crippen molar-refractivity contribution >= 4 is 29.1 Å². The molecular weight excluding hydrogens is 460 g/mol. The van der Waals surface area contributed by atoms with Crippen molar-refractivity contribution in [3.05, 3.63) is 83.0 Å². The van der Waals surface area contributed by atoms with Crippen LogP contribution in [0.4, 0.5) is 17.5 Å². The first kappa shape index (κ1) is 21.9. The highest BCUT2D eigenvalue weighted by molar-refractivity contribution is 6.29. The Kier molecular flexibility index (Phi) is 5.78. The van der Waals surface area contributed by atoms with Crippen molar-refractivity contribution in [3.63, 3.8) is 0 Å². The highest BCUT2D eigenvalue weighted by Gasteiger charge is 2.30. The maximum atomic E-state index is 6.21. The number of anilines is 3. The van der Waals surface area contributed by atoms with Gasteiger partial charge < -0.3 is 19.5 Å². The molecule has 1 aliphatic heterocycles. The largest absolute Gasteiger partial charge is 0.491 e. The summed E-state index contributed by atoms with van der Waals surface area (Å²) in [5, 5.41) is 3.89. The SMILES string of the molecule is CN1CCCCOc2cc(ccc2-n2cnc(Cl)c2)Nc2nc3c(c1n2)CCC3c1ccccc1. The first-order chi connectivity index (χ1) is 17.2. The van der Waals surface area contributed by atoms with E-state index in [4.69, 9.17) is 26.3 Å². The Morgan fingerprint density at radius 1 is 1.09 bits per heavy atom. The lowest BCUT2D eigenvalue weighted by molar-refractivity contribution is 0.307. The summed E-state index contributed by atoms with van der Waals surface area (Å²) in [6.45, 7) is 1.54. The van der Waals surface area contributed by atoms with Crippen molar-refractivity contribution in [3.8, 4) is 11.4 Å². The normalized spacial score (nSPS) is 17.4. The van der Waals surface area contributed by atoms with E-state index in [1.165, 1.54) is 11.1 Å². The number of nitrogens with zero attached hydrogens (tertiary/aromatic N) is 5. The van der Waals surface area contributed by atoms with Crippen LogP contribution < -0.4 is 15.0 Å². The predicted octanol–water partition coefficient (Wildman–Crippen LogP) is 5.75. The lowest BCUT2D eigenvalue weighted by Gasteiger charge is -2.22. The molecule has 0 saturated heterocycles. The van der Waals surface area contributed by atoms with Crippen molar-refractivity contribution in [1.82, 2.24) is 19.5 Å². The van der Waals surface area contributed by atoms with Gasteiger partial charge in [0.1, 0.15) is 23.0 Å². The molecule has 1 aliphatic carbocycles. The minimum Gasteiger partial charge on any atom is -0.491 e. The molecule has 0 saturated carbocycles. The fourth-order valence-corrected chi connectivity index (χ4v) is 5.19. The van der Waals surface area contributed by atoms with Crippen LogP contribution in [-0.2, 0) is 6.42 Å². The summed E-state index contributed by atoms with van der Waals surface area (Å²) in [5.74, 6) is 2.68. The van der Waals surface area contributed by atoms with Gasteiger partial charge in [-0.3, -0.25) is 0 Å². The number of hydrogen-bond acceptors (Lipinski definition) is 6. The Bertz CT molecular complexity index is 1360. The minimum absolute atomic E-state index is 0.282. The standard InChI is InChI=1S/C27H27ClN6O/c1-33-13-5-6-14-35-23-15-19(9-12-22(23)34-16-24(28)29-17-34)30-27-31-25-20(18-7-3-2-4-8-18)10-11-21(25)26(33)32-27/h2-4,7-9,12,15-17,20H,5-6,10-11,13-14H2,1H3,(H,30,31,32). The number of fused-ring (bicyclic) bond motifs is 6. The van der Waals surface area contributed by atoms with Crippen LogP contribution >= 0.6 is 11.6 Å². The van der Waals surface area contributed by atoms with Crippen molar-refractivity contribution in [2.75, 3.05) is 30.4 Å². The third kappa shape index (κ3) is 4.32. The molecule has 0 amide bonds. The van der Waals surface area contributed by atoms with Crippen LogP contribution in [-0.4, -0.2) is 39.7 Å². The van der Waals surface area contributed by atoms with Crippen LogP contribution in [0.2, 0.25) is 5.15 Å². The van der Waals surface area contributed by atoms with E-state index < -0.39 is 0 Å². The monoisotopic (exact) mass is 486 g/mol. The van der Waals surface area contributed by atoms with Gasteiger partial charge in [0, 0.05) is 43.0 Å². The Morgan fingerprint density at radius 3 is 2.80 bits per heavy atom. The van der Waals surface area contributed by atoms with Gasteiger partial charge in [-0.25, -0.2) is 9.97 Å². The molecule has 35 heavy (non-hydrogen) atoms. The lowest BCUT2D eigenvalue weighted by Crippen LogP contribution is -2.22. The predicted molar refractivity (Wildman–Crippen MR) is 138 cm³/mol. The van der Waals surface area contributed by atoms with Crippen LogP contribution in [0.5, 0.6) is 5.75 Å². The zero-order valence-corrected chi connectivity index (χ0v) is 20.4. The average Bonchev–Trinajstić information content (AvgIpc) is 3.50. The number of imidazole rings is 1. The van der Waals surface area contributed by atoms with Gasteiger partial charge in [0.2, 0.25) is 5.95 Å². The van der Waals surface area contributed by atoms with Gasteiger partial charge in [-0.15, -0.1) is 0 Å². The molecule has 2 aliphatic rings. The van der Waals surface area contributed by atoms with E-state index in [-0.39, 0.29) is 5.92 Å². The van der Waals surface area contributed by atoms with Crippen molar-refractivity contribution in [1.29, 1.82) is 0 Å². The van der Waals surface area contributed by atoms with Crippen LogP contribution in [0.25, 0.3) is 5.69 Å². The number of rotatable bonds is 2. The van der Waals surface area contributed by atoms with Crippen LogP contribution in [0.1, 0.15) is 42.0 Å². The molecule has 1 N–H and O–H groups in total. The minimum atomic E-state index is 0.282. The number of halogens is 1. The molecule has 1 unspecified atom stereocenters. The third-order valence-corrected chi connectivity index (χ3v) is 6.98. The van der Waals surface area contributed by atoms with Gasteiger partial charge in [-0.05, 0) is 43.4 Å². The summed E-state index contributed by atoms with van der Waals surface area (Å²) < 4.78 is 8.09. The molecule has 7 nitrogen and oxygen atoms in total. The van der Waals surface area contributed by atoms with Crippen molar-refractivity contribution in [2.24, 2.45) is 0 Å². The summed E-state index contributed by atoms with van der Waals surface area (Å²) in [5.41, 5.74) is 5.47. The van der Waals surface area contributed by atoms with E-state index in [2.05, 4.69) is 52.6 Å². The van der Waals surface area contributed by atoms with Crippen molar-refractivity contribution < 1.29 is 4.74 Å². The van der Waals surface area contributed by atoms with E-state index >= 15 is 0 Å². The number of ether oxygens (including phenoxy) is 1. The van der Waals surface area contributed by atoms with Crippen LogP contribution in [0.3, 0.4) is 0 Å². The Labute approximate surface area is 209 Å². The van der Waals surface area contributed by atoms with Gasteiger partial charge in [-0.2, -0.15) is 4.98 Å². The van der Waals surface area contributed by atoms with Crippen LogP contribution in [0, 0.1) is 0 Å². The molecule has 8 heteroatoms. The van der Waals surface area contributed by atoms with E-state index in [0.29, 0.717) is 17.7 Å². The molecule has 178 valence electrons. The van der Waals surface area contributed by atoms with Crippen molar-refractivity contribution in [2.45, 2.75) is 31.6 Å². The van der Waals surface area contributed by atoms with E-state index in [0.717, 1.165) is 60.9 Å². The molecule has 0 fully saturated rings. The Morgan fingerprint density at radius 2 is 1.97 bits per heavy atom. The van der Waals surface area contributed by atoms with Gasteiger partial charge in [-0.1, -0.05) is 41.9 Å². The lowest BCUT2D eigenvalue weighted by atomic mass is 9.97. The van der Waals surface area contributed by atoms with Gasteiger partial charge >= 0.3 is 0 Å². The first-order valence-corrected chi connectivity index (χ1v) is 12.4. The maximum absolute atomic E-state index is 6.21. The van der Waals surface area contributed by atoms with Crippen LogP contribution in [0.15, 0.2) is 61.1 Å². The summed E-state index contributed by atoms with van der Waals surface area (Å²) >= 11 is 6.06. The third-order valence-electron chi connectivity index (χ3n) is 6.78. The Hall–Kier alpha value is -3.58. The average molecular weight is 487 g/mol. The molecule has 4 bridgehead atoms. The molecule has 6 rings (SSSR count). The Balaban J connectivity index is 1.42. The van der Waals surface area contributed by atoms with E-state index in [1.54, 1.807) is 12.5 Å². The fraction of sp³-hybridized carbons (Fsp3) is 0.296. The van der Waals surface area contributed by atoms with E-state index in [9.17, 15) is 0 Å². The topological polar surface area (TPSA) is 68.1 Å². The smallest absolute Gasteiger partial charge is 0.229 e. The summed E-state index contributed by atoms with van der Waals surface area (Å²) in [4.78, 5) is 16.4.